The van der Waals surface area contributed by atoms with Crippen molar-refractivity contribution in [1.29, 1.82) is 0 Å². The Morgan fingerprint density at radius 3 is 2.64 bits per heavy atom. The molecule has 0 radical (unpaired) electrons. The predicted molar refractivity (Wildman–Crippen MR) is 92.6 cm³/mol. The van der Waals surface area contributed by atoms with E-state index in [1.54, 1.807) is 26.8 Å². The molecule has 1 aromatic heterocycles. The van der Waals surface area contributed by atoms with E-state index in [2.05, 4.69) is 10.4 Å². The fraction of sp³-hybridized carbons (Fsp3) is 0.389. The van der Waals surface area contributed by atoms with Crippen LogP contribution in [0.25, 0.3) is 0 Å². The van der Waals surface area contributed by atoms with Crippen molar-refractivity contribution in [2.75, 3.05) is 6.54 Å². The van der Waals surface area contributed by atoms with Gasteiger partial charge in [0, 0.05) is 6.54 Å². The first-order chi connectivity index (χ1) is 11.9. The van der Waals surface area contributed by atoms with Crippen molar-refractivity contribution >= 4 is 12.4 Å². The lowest BCUT2D eigenvalue weighted by Gasteiger charge is -2.19. The number of hydrogen-bond acceptors (Lipinski definition) is 5. The first-order valence-electron chi connectivity index (χ1n) is 8.04. The van der Waals surface area contributed by atoms with Gasteiger partial charge in [0.2, 0.25) is 0 Å². The lowest BCUT2D eigenvalue weighted by molar-refractivity contribution is 0.0525. The Balaban J connectivity index is 1.87. The number of nitrogens with one attached hydrogen (secondary N) is 1. The van der Waals surface area contributed by atoms with E-state index >= 15 is 0 Å². The van der Waals surface area contributed by atoms with Gasteiger partial charge < -0.3 is 14.8 Å². The second-order valence-corrected chi connectivity index (χ2v) is 6.43. The summed E-state index contributed by atoms with van der Waals surface area (Å²) in [6.45, 7) is 6.31. The van der Waals surface area contributed by atoms with Crippen LogP contribution in [-0.4, -0.2) is 34.3 Å². The van der Waals surface area contributed by atoms with Gasteiger partial charge in [-0.25, -0.2) is 4.79 Å². The molecule has 7 heteroatoms. The number of amides is 1. The van der Waals surface area contributed by atoms with E-state index in [0.717, 1.165) is 12.0 Å². The predicted octanol–water partition coefficient (Wildman–Crippen LogP) is 2.80. The van der Waals surface area contributed by atoms with Gasteiger partial charge in [-0.15, -0.1) is 0 Å². The number of aldehydes is 1. The van der Waals surface area contributed by atoms with Crippen molar-refractivity contribution < 1.29 is 19.1 Å². The molecule has 0 unspecified atom stereocenters. The number of rotatable bonds is 7. The van der Waals surface area contributed by atoms with Gasteiger partial charge in [0.25, 0.3) is 0 Å². The highest BCUT2D eigenvalue weighted by Crippen LogP contribution is 2.12. The third-order valence-corrected chi connectivity index (χ3v) is 3.10. The Morgan fingerprint density at radius 2 is 2.00 bits per heavy atom. The van der Waals surface area contributed by atoms with Crippen molar-refractivity contribution in [3.05, 3.63) is 47.8 Å². The fourth-order valence-corrected chi connectivity index (χ4v) is 2.08. The molecular formula is C18H23N3O4. The monoisotopic (exact) mass is 345 g/mol. The average Bonchev–Trinajstić information content (AvgIpc) is 2.94. The molecule has 0 spiro atoms. The lowest BCUT2D eigenvalue weighted by atomic mass is 10.2. The summed E-state index contributed by atoms with van der Waals surface area (Å²) in [7, 11) is 0. The van der Waals surface area contributed by atoms with E-state index in [9.17, 15) is 9.59 Å². The minimum atomic E-state index is -0.550. The third kappa shape index (κ3) is 6.29. The number of nitrogens with zero attached hydrogens (tertiary/aromatic N) is 2. The topological polar surface area (TPSA) is 82.4 Å². The molecule has 0 saturated carbocycles. The minimum Gasteiger partial charge on any atom is -0.487 e. The zero-order chi connectivity index (χ0) is 18.3. The molecule has 0 atom stereocenters. The second-order valence-electron chi connectivity index (χ2n) is 6.43. The molecule has 1 amide bonds. The van der Waals surface area contributed by atoms with Crippen LogP contribution < -0.4 is 10.1 Å². The van der Waals surface area contributed by atoms with E-state index in [1.165, 1.54) is 4.68 Å². The maximum atomic E-state index is 11.6. The first kappa shape index (κ1) is 18.5. The van der Waals surface area contributed by atoms with Crippen LogP contribution in [0.1, 0.15) is 37.0 Å². The largest absolute Gasteiger partial charge is 0.487 e. The van der Waals surface area contributed by atoms with Gasteiger partial charge in [-0.1, -0.05) is 18.2 Å². The van der Waals surface area contributed by atoms with E-state index in [-0.39, 0.29) is 6.61 Å². The van der Waals surface area contributed by atoms with Crippen LogP contribution in [0.3, 0.4) is 0 Å². The van der Waals surface area contributed by atoms with Gasteiger partial charge in [-0.2, -0.15) is 5.10 Å². The number of hydrogen-bond donors (Lipinski definition) is 1. The summed E-state index contributed by atoms with van der Waals surface area (Å²) >= 11 is 0. The highest BCUT2D eigenvalue weighted by Gasteiger charge is 2.16. The number of carbonyl (C=O) groups excluding carboxylic acids is 2. The molecular weight excluding hydrogens is 322 g/mol. The molecule has 0 fully saturated rings. The van der Waals surface area contributed by atoms with Crippen LogP contribution in [0, 0.1) is 0 Å². The second kappa shape index (κ2) is 8.32. The number of alkyl carbamates (subject to hydrolysis) is 1. The Hall–Kier alpha value is -2.83. The molecule has 0 saturated heterocycles. The molecule has 0 bridgehead atoms. The van der Waals surface area contributed by atoms with Crippen molar-refractivity contribution in [2.45, 2.75) is 39.5 Å². The number of para-hydroxylation sites is 1. The highest BCUT2D eigenvalue weighted by atomic mass is 16.6. The van der Waals surface area contributed by atoms with Crippen LogP contribution >= 0.6 is 0 Å². The molecule has 25 heavy (non-hydrogen) atoms. The molecule has 0 aliphatic rings. The average molecular weight is 345 g/mol. The van der Waals surface area contributed by atoms with Gasteiger partial charge in [-0.3, -0.25) is 9.48 Å². The summed E-state index contributed by atoms with van der Waals surface area (Å²) < 4.78 is 12.3. The SMILES string of the molecule is CC(C)(C)OC(=O)NCCn1nc(COc2ccccc2)cc1C=O. The fourth-order valence-electron chi connectivity index (χ4n) is 2.08. The summed E-state index contributed by atoms with van der Waals surface area (Å²) in [5, 5.41) is 6.97. The molecule has 1 heterocycles. The smallest absolute Gasteiger partial charge is 0.407 e. The Bertz CT molecular complexity index is 705. The van der Waals surface area contributed by atoms with Gasteiger partial charge >= 0.3 is 6.09 Å². The Labute approximate surface area is 146 Å². The third-order valence-electron chi connectivity index (χ3n) is 3.10. The number of carbonyl (C=O) groups is 2. The Morgan fingerprint density at radius 1 is 1.28 bits per heavy atom. The maximum absolute atomic E-state index is 11.6. The summed E-state index contributed by atoms with van der Waals surface area (Å²) in [6, 6.07) is 11.0. The van der Waals surface area contributed by atoms with Crippen LogP contribution in [0.15, 0.2) is 36.4 Å². The van der Waals surface area contributed by atoms with E-state index < -0.39 is 11.7 Å². The molecule has 0 aliphatic heterocycles. The lowest BCUT2D eigenvalue weighted by Crippen LogP contribution is -2.34. The van der Waals surface area contributed by atoms with Crippen molar-refractivity contribution in [1.82, 2.24) is 15.1 Å². The normalized spacial score (nSPS) is 11.0. The van der Waals surface area contributed by atoms with Crippen LogP contribution in [0.2, 0.25) is 0 Å². The highest BCUT2D eigenvalue weighted by molar-refractivity contribution is 5.72. The minimum absolute atomic E-state index is 0.261. The first-order valence-corrected chi connectivity index (χ1v) is 8.04. The van der Waals surface area contributed by atoms with Crippen LogP contribution in [0.4, 0.5) is 4.79 Å². The summed E-state index contributed by atoms with van der Waals surface area (Å²) in [5.41, 5.74) is 0.520. The quantitative estimate of drug-likeness (QED) is 0.780. The van der Waals surface area contributed by atoms with Crippen molar-refractivity contribution in [3.8, 4) is 5.75 Å². The van der Waals surface area contributed by atoms with E-state index in [1.807, 2.05) is 30.3 Å². The van der Waals surface area contributed by atoms with Crippen LogP contribution in [-0.2, 0) is 17.9 Å². The maximum Gasteiger partial charge on any atom is 0.407 e. The van der Waals surface area contributed by atoms with Gasteiger partial charge in [0.15, 0.2) is 6.29 Å². The molecule has 0 aliphatic carbocycles. The summed E-state index contributed by atoms with van der Waals surface area (Å²) in [5.74, 6) is 0.733. The number of aromatic nitrogens is 2. The number of ether oxygens (including phenoxy) is 2. The molecule has 2 rings (SSSR count). The van der Waals surface area contributed by atoms with Crippen molar-refractivity contribution in [2.24, 2.45) is 0 Å². The molecule has 134 valence electrons. The van der Waals surface area contributed by atoms with Gasteiger partial charge in [0.1, 0.15) is 29.3 Å². The Kier molecular flexibility index (Phi) is 6.16. The zero-order valence-electron chi connectivity index (χ0n) is 14.7. The summed E-state index contributed by atoms with van der Waals surface area (Å²) in [6.07, 6.45) is 0.229. The zero-order valence-corrected chi connectivity index (χ0v) is 14.7. The van der Waals surface area contributed by atoms with Crippen molar-refractivity contribution in [3.63, 3.8) is 0 Å². The van der Waals surface area contributed by atoms with Crippen LogP contribution in [0.5, 0.6) is 5.75 Å². The standard InChI is InChI=1S/C18H23N3O4/c1-18(2,3)25-17(23)19-9-10-21-15(12-22)11-14(20-21)13-24-16-7-5-4-6-8-16/h4-8,11-12H,9-10,13H2,1-3H3,(H,19,23). The summed E-state index contributed by atoms with van der Waals surface area (Å²) in [4.78, 5) is 22.8. The molecule has 7 nitrogen and oxygen atoms in total. The molecule has 2 aromatic rings. The van der Waals surface area contributed by atoms with E-state index in [0.29, 0.717) is 24.5 Å². The van der Waals surface area contributed by atoms with Gasteiger partial charge in [0.05, 0.1) is 6.54 Å². The molecule has 1 aromatic carbocycles. The number of benzene rings is 1. The molecule has 1 N–H and O–H groups in total. The van der Waals surface area contributed by atoms with E-state index in [4.69, 9.17) is 9.47 Å². The van der Waals surface area contributed by atoms with Gasteiger partial charge in [-0.05, 0) is 39.0 Å².